The third-order valence-corrected chi connectivity index (χ3v) is 4.44. The molecule has 1 aromatic heterocycles. The van der Waals surface area contributed by atoms with E-state index in [9.17, 15) is 0 Å². The Kier molecular flexibility index (Phi) is 10.2. The third kappa shape index (κ3) is 7.35. The van der Waals surface area contributed by atoms with Gasteiger partial charge in [-0.3, -0.25) is 9.89 Å². The summed E-state index contributed by atoms with van der Waals surface area (Å²) in [5.74, 6) is 1.81. The Morgan fingerprint density at radius 2 is 2.08 bits per heavy atom. The van der Waals surface area contributed by atoms with Gasteiger partial charge in [0.1, 0.15) is 5.76 Å². The molecule has 2 heterocycles. The minimum absolute atomic E-state index is 0.193. The highest BCUT2D eigenvalue weighted by Gasteiger charge is 2.24. The number of methoxy groups -OCH3 is 1. The lowest BCUT2D eigenvalue weighted by Gasteiger charge is -2.32. The molecule has 1 aliphatic rings. The van der Waals surface area contributed by atoms with Gasteiger partial charge in [-0.15, -0.1) is 0 Å². The summed E-state index contributed by atoms with van der Waals surface area (Å²) in [5.41, 5.74) is 0. The summed E-state index contributed by atoms with van der Waals surface area (Å²) in [6.45, 7) is 8.36. The number of guanidine groups is 1. The lowest BCUT2D eigenvalue weighted by molar-refractivity contribution is 0.0733. The Hall–Kier alpha value is -1.57. The highest BCUT2D eigenvalue weighted by atomic mass is 16.5. The summed E-state index contributed by atoms with van der Waals surface area (Å²) in [7, 11) is 1.68. The SMILES string of the molecule is CCNC(=NCC(c1ccco1)N1CCCCC1)NCCOCCOC. The minimum Gasteiger partial charge on any atom is -0.468 e. The van der Waals surface area contributed by atoms with Crippen molar-refractivity contribution in [1.29, 1.82) is 0 Å². The van der Waals surface area contributed by atoms with Crippen molar-refractivity contribution in [2.75, 3.05) is 59.7 Å². The van der Waals surface area contributed by atoms with Gasteiger partial charge in [0.2, 0.25) is 0 Å². The van der Waals surface area contributed by atoms with Crippen LogP contribution in [0.25, 0.3) is 0 Å². The van der Waals surface area contributed by atoms with Crippen molar-refractivity contribution in [3.05, 3.63) is 24.2 Å². The highest BCUT2D eigenvalue weighted by molar-refractivity contribution is 5.79. The van der Waals surface area contributed by atoms with Crippen LogP contribution in [-0.2, 0) is 9.47 Å². The molecule has 1 fully saturated rings. The number of aliphatic imine (C=N–C) groups is 1. The van der Waals surface area contributed by atoms with Gasteiger partial charge in [0.15, 0.2) is 5.96 Å². The number of hydrogen-bond acceptors (Lipinski definition) is 5. The molecular weight excluding hydrogens is 332 g/mol. The number of rotatable bonds is 11. The molecule has 1 saturated heterocycles. The van der Waals surface area contributed by atoms with Gasteiger partial charge < -0.3 is 24.5 Å². The van der Waals surface area contributed by atoms with E-state index in [1.54, 1.807) is 13.4 Å². The number of furan rings is 1. The maximum Gasteiger partial charge on any atom is 0.191 e. The molecule has 7 nitrogen and oxygen atoms in total. The van der Waals surface area contributed by atoms with Crippen LogP contribution in [0.5, 0.6) is 0 Å². The second-order valence-electron chi connectivity index (χ2n) is 6.38. The maximum absolute atomic E-state index is 5.69. The van der Waals surface area contributed by atoms with Gasteiger partial charge in [-0.25, -0.2) is 0 Å². The smallest absolute Gasteiger partial charge is 0.191 e. The van der Waals surface area contributed by atoms with Crippen LogP contribution < -0.4 is 10.6 Å². The van der Waals surface area contributed by atoms with Crippen LogP contribution in [0.2, 0.25) is 0 Å². The number of nitrogens with one attached hydrogen (secondary N) is 2. The van der Waals surface area contributed by atoms with Crippen molar-refractivity contribution in [2.45, 2.75) is 32.2 Å². The van der Waals surface area contributed by atoms with E-state index in [4.69, 9.17) is 18.9 Å². The summed E-state index contributed by atoms with van der Waals surface area (Å²) in [6.07, 6.45) is 5.56. The average molecular weight is 367 g/mol. The second kappa shape index (κ2) is 12.7. The Labute approximate surface area is 157 Å². The van der Waals surface area contributed by atoms with Gasteiger partial charge >= 0.3 is 0 Å². The number of nitrogens with zero attached hydrogens (tertiary/aromatic N) is 2. The molecule has 1 unspecified atom stereocenters. The molecule has 0 amide bonds. The lowest BCUT2D eigenvalue weighted by Crippen LogP contribution is -2.40. The van der Waals surface area contributed by atoms with Crippen molar-refractivity contribution < 1.29 is 13.9 Å². The first-order valence-electron chi connectivity index (χ1n) is 9.71. The largest absolute Gasteiger partial charge is 0.468 e. The summed E-state index contributed by atoms with van der Waals surface area (Å²) in [6, 6.07) is 4.20. The molecule has 0 spiro atoms. The number of hydrogen-bond donors (Lipinski definition) is 2. The topological polar surface area (TPSA) is 71.3 Å². The van der Waals surface area contributed by atoms with Gasteiger partial charge in [-0.2, -0.15) is 0 Å². The predicted octanol–water partition coefficient (Wildman–Crippen LogP) is 2.02. The zero-order valence-corrected chi connectivity index (χ0v) is 16.2. The van der Waals surface area contributed by atoms with Crippen LogP contribution >= 0.6 is 0 Å². The van der Waals surface area contributed by atoms with Crippen molar-refractivity contribution in [2.24, 2.45) is 4.99 Å². The summed E-state index contributed by atoms with van der Waals surface area (Å²) in [5, 5.41) is 6.62. The van der Waals surface area contributed by atoms with E-state index in [1.165, 1.54) is 19.3 Å². The molecule has 1 aromatic rings. The second-order valence-corrected chi connectivity index (χ2v) is 6.38. The van der Waals surface area contributed by atoms with Crippen LogP contribution in [-0.4, -0.2) is 70.5 Å². The van der Waals surface area contributed by atoms with Crippen LogP contribution in [0.15, 0.2) is 27.8 Å². The zero-order chi connectivity index (χ0) is 18.5. The molecule has 2 rings (SSSR count). The first kappa shape index (κ1) is 20.7. The molecule has 1 atom stereocenters. The standard InChI is InChI=1S/C19H34N4O3/c1-3-20-19(21-9-13-25-15-14-24-2)22-16-17(18-8-7-12-26-18)23-10-5-4-6-11-23/h7-8,12,17H,3-6,9-11,13-16H2,1-2H3,(H2,20,21,22). The molecule has 2 N–H and O–H groups in total. The van der Waals surface area contributed by atoms with Gasteiger partial charge in [0.05, 0.1) is 38.7 Å². The summed E-state index contributed by atoms with van der Waals surface area (Å²) >= 11 is 0. The molecular formula is C19H34N4O3. The van der Waals surface area contributed by atoms with E-state index in [2.05, 4.69) is 28.5 Å². The quantitative estimate of drug-likeness (QED) is 0.355. The normalized spacial score (nSPS) is 17.2. The van der Waals surface area contributed by atoms with Crippen LogP contribution in [0.4, 0.5) is 0 Å². The molecule has 0 bridgehead atoms. The average Bonchev–Trinajstić information content (AvgIpc) is 3.20. The van der Waals surface area contributed by atoms with Crippen molar-refractivity contribution >= 4 is 5.96 Å². The van der Waals surface area contributed by atoms with Gasteiger partial charge in [-0.1, -0.05) is 6.42 Å². The molecule has 7 heteroatoms. The van der Waals surface area contributed by atoms with E-state index in [0.717, 1.165) is 31.4 Å². The van der Waals surface area contributed by atoms with Gasteiger partial charge in [0.25, 0.3) is 0 Å². The lowest BCUT2D eigenvalue weighted by atomic mass is 10.1. The first-order chi connectivity index (χ1) is 12.8. The molecule has 26 heavy (non-hydrogen) atoms. The summed E-state index contributed by atoms with van der Waals surface area (Å²) < 4.78 is 16.2. The number of likely N-dealkylation sites (tertiary alicyclic amines) is 1. The number of ether oxygens (including phenoxy) is 2. The van der Waals surface area contributed by atoms with E-state index in [0.29, 0.717) is 32.9 Å². The van der Waals surface area contributed by atoms with E-state index in [1.807, 2.05) is 6.07 Å². The third-order valence-electron chi connectivity index (χ3n) is 4.44. The highest BCUT2D eigenvalue weighted by Crippen LogP contribution is 2.25. The van der Waals surface area contributed by atoms with Gasteiger partial charge in [-0.05, 0) is 45.0 Å². The fraction of sp³-hybridized carbons (Fsp3) is 0.737. The van der Waals surface area contributed by atoms with E-state index in [-0.39, 0.29) is 6.04 Å². The van der Waals surface area contributed by atoms with E-state index >= 15 is 0 Å². The van der Waals surface area contributed by atoms with E-state index < -0.39 is 0 Å². The predicted molar refractivity (Wildman–Crippen MR) is 104 cm³/mol. The molecule has 1 aliphatic heterocycles. The Morgan fingerprint density at radius 1 is 1.23 bits per heavy atom. The molecule has 0 saturated carbocycles. The minimum atomic E-state index is 0.193. The first-order valence-corrected chi connectivity index (χ1v) is 9.71. The number of piperidine rings is 1. The monoisotopic (exact) mass is 366 g/mol. The fourth-order valence-corrected chi connectivity index (χ4v) is 3.10. The van der Waals surface area contributed by atoms with Crippen LogP contribution in [0.1, 0.15) is 38.0 Å². The molecule has 0 radical (unpaired) electrons. The Balaban J connectivity index is 1.88. The van der Waals surface area contributed by atoms with Gasteiger partial charge in [0, 0.05) is 20.2 Å². The Morgan fingerprint density at radius 3 is 2.77 bits per heavy atom. The molecule has 148 valence electrons. The fourth-order valence-electron chi connectivity index (χ4n) is 3.10. The zero-order valence-electron chi connectivity index (χ0n) is 16.2. The summed E-state index contributed by atoms with van der Waals surface area (Å²) in [4.78, 5) is 7.28. The van der Waals surface area contributed by atoms with Crippen LogP contribution in [0, 0.1) is 0 Å². The van der Waals surface area contributed by atoms with Crippen molar-refractivity contribution in [1.82, 2.24) is 15.5 Å². The molecule has 0 aliphatic carbocycles. The van der Waals surface area contributed by atoms with Crippen molar-refractivity contribution in [3.63, 3.8) is 0 Å². The van der Waals surface area contributed by atoms with Crippen molar-refractivity contribution in [3.8, 4) is 0 Å². The Bertz CT molecular complexity index is 487. The van der Waals surface area contributed by atoms with Crippen LogP contribution in [0.3, 0.4) is 0 Å². The maximum atomic E-state index is 5.69. The molecule has 0 aromatic carbocycles.